The van der Waals surface area contributed by atoms with Crippen LogP contribution in [0, 0.1) is 0 Å². The fourth-order valence-electron chi connectivity index (χ4n) is 4.13. The number of benzene rings is 2. The molecule has 8 nitrogen and oxygen atoms in total. The molecule has 1 aliphatic carbocycles. The van der Waals surface area contributed by atoms with Crippen LogP contribution in [0.4, 0.5) is 0 Å². The van der Waals surface area contributed by atoms with Crippen molar-refractivity contribution in [3.63, 3.8) is 0 Å². The Morgan fingerprint density at radius 2 is 1.52 bits per heavy atom. The number of rotatable bonds is 6. The second kappa shape index (κ2) is 7.71. The first-order valence-electron chi connectivity index (χ1n) is 9.80. The number of hydrogen-bond acceptors (Lipinski definition) is 8. The van der Waals surface area contributed by atoms with Gasteiger partial charge in [0.1, 0.15) is 5.75 Å². The highest BCUT2D eigenvalue weighted by molar-refractivity contribution is 7.72. The van der Waals surface area contributed by atoms with E-state index in [1.165, 1.54) is 14.2 Å². The number of carbonyl (C=O) groups excluding carboxylic acids is 2. The number of carbonyl (C=O) groups is 2. The number of hydrogen-bond donors (Lipinski definition) is 1. The Hall–Kier alpha value is -2.80. The summed E-state index contributed by atoms with van der Waals surface area (Å²) >= 11 is 0. The molecule has 0 fully saturated rings. The third kappa shape index (κ3) is 3.14. The smallest absolute Gasteiger partial charge is 0.377 e. The van der Waals surface area contributed by atoms with Crippen LogP contribution in [-0.2, 0) is 13.6 Å². The van der Waals surface area contributed by atoms with Crippen LogP contribution in [0.2, 0.25) is 0 Å². The Balaban J connectivity index is 1.87. The van der Waals surface area contributed by atoms with Gasteiger partial charge in [0, 0.05) is 25.3 Å². The Morgan fingerprint density at radius 3 is 2.00 bits per heavy atom. The second-order valence-corrected chi connectivity index (χ2v) is 9.81. The average molecular weight is 442 g/mol. The lowest BCUT2D eigenvalue weighted by Gasteiger charge is -2.29. The molecular formula is C22H23N2O6P. The van der Waals surface area contributed by atoms with Gasteiger partial charge in [-0.25, -0.2) is 0 Å². The largest absolute Gasteiger partial charge is 0.491 e. The molecule has 1 spiro atoms. The van der Waals surface area contributed by atoms with Crippen molar-refractivity contribution >= 4 is 24.6 Å². The summed E-state index contributed by atoms with van der Waals surface area (Å²) in [6.45, 7) is 3.82. The summed E-state index contributed by atoms with van der Waals surface area (Å²) in [5, 5.41) is 4.18. The molecule has 31 heavy (non-hydrogen) atoms. The molecule has 9 heteroatoms. The third-order valence-corrected chi connectivity index (χ3v) is 7.40. The molecule has 0 bridgehead atoms. The van der Waals surface area contributed by atoms with Gasteiger partial charge >= 0.3 is 7.60 Å². The fourth-order valence-corrected chi connectivity index (χ4v) is 5.48. The number of hydrazone groups is 1. The first-order chi connectivity index (χ1) is 14.8. The fraction of sp³-hybridized carbons (Fsp3) is 0.318. The van der Waals surface area contributed by atoms with E-state index >= 15 is 0 Å². The molecule has 0 radical (unpaired) electrons. The van der Waals surface area contributed by atoms with Crippen molar-refractivity contribution in [3.05, 3.63) is 65.2 Å². The number of fused-ring (bicyclic) bond motifs is 1. The Bertz CT molecular complexity index is 1080. The third-order valence-electron chi connectivity index (χ3n) is 5.52. The van der Waals surface area contributed by atoms with Crippen molar-refractivity contribution < 1.29 is 27.9 Å². The van der Waals surface area contributed by atoms with Crippen LogP contribution < -0.4 is 10.2 Å². The summed E-state index contributed by atoms with van der Waals surface area (Å²) < 4.78 is 29.3. The van der Waals surface area contributed by atoms with Gasteiger partial charge < -0.3 is 13.8 Å². The molecule has 0 saturated heterocycles. The number of Topliss-reactive ketones (excluding diaryl/α,β-unsaturated/α-hetero) is 2. The van der Waals surface area contributed by atoms with Crippen molar-refractivity contribution in [2.75, 3.05) is 14.2 Å². The van der Waals surface area contributed by atoms with Gasteiger partial charge in [-0.05, 0) is 31.5 Å². The van der Waals surface area contributed by atoms with E-state index in [1.807, 2.05) is 13.8 Å². The van der Waals surface area contributed by atoms with Gasteiger partial charge in [0.2, 0.25) is 0 Å². The quantitative estimate of drug-likeness (QED) is 0.536. The zero-order valence-electron chi connectivity index (χ0n) is 17.6. The predicted octanol–water partition coefficient (Wildman–Crippen LogP) is 3.78. The summed E-state index contributed by atoms with van der Waals surface area (Å²) in [7, 11) is -1.38. The Morgan fingerprint density at radius 1 is 0.968 bits per heavy atom. The van der Waals surface area contributed by atoms with Crippen molar-refractivity contribution in [2.45, 2.75) is 31.4 Å². The zero-order valence-corrected chi connectivity index (χ0v) is 18.5. The van der Waals surface area contributed by atoms with E-state index in [1.54, 1.807) is 48.5 Å². The molecule has 1 atom stereocenters. The lowest BCUT2D eigenvalue weighted by Crippen LogP contribution is -2.54. The van der Waals surface area contributed by atoms with Gasteiger partial charge in [0.25, 0.3) is 0 Å². The Kier molecular flexibility index (Phi) is 5.33. The van der Waals surface area contributed by atoms with Gasteiger partial charge in [-0.1, -0.05) is 36.4 Å². The van der Waals surface area contributed by atoms with Crippen LogP contribution in [0.15, 0.2) is 53.6 Å². The van der Waals surface area contributed by atoms with Gasteiger partial charge in [-0.2, -0.15) is 5.10 Å². The van der Waals surface area contributed by atoms with E-state index in [2.05, 4.69) is 10.5 Å². The van der Waals surface area contributed by atoms with E-state index in [0.29, 0.717) is 22.4 Å². The van der Waals surface area contributed by atoms with Crippen LogP contribution in [0.25, 0.3) is 0 Å². The van der Waals surface area contributed by atoms with Gasteiger partial charge in [0.05, 0.1) is 12.0 Å². The highest BCUT2D eigenvalue weighted by Gasteiger charge is 2.65. The van der Waals surface area contributed by atoms with Crippen molar-refractivity contribution in [1.82, 2.24) is 5.43 Å². The maximum atomic E-state index is 13.5. The first kappa shape index (κ1) is 21.4. The number of nitrogens with zero attached hydrogens (tertiary/aromatic N) is 1. The van der Waals surface area contributed by atoms with E-state index in [9.17, 15) is 14.2 Å². The molecule has 2 aromatic carbocycles. The molecular weight excluding hydrogens is 419 g/mol. The predicted molar refractivity (Wildman–Crippen MR) is 115 cm³/mol. The lowest BCUT2D eigenvalue weighted by molar-refractivity contribution is 0.0761. The number of ketones is 2. The normalized spacial score (nSPS) is 19.5. The molecule has 2 aromatic rings. The summed E-state index contributed by atoms with van der Waals surface area (Å²) in [4.78, 5) is 27.0. The second-order valence-electron chi connectivity index (χ2n) is 7.62. The lowest BCUT2D eigenvalue weighted by atomic mass is 9.77. The standard InChI is InChI=1S/C22H23N2O6P/c1-13(2)30-15-11-9-14(10-12-15)18-21(31(27,28-3)29-4)23-24-22(18)19(25)16-7-5-6-8-17(16)20(22)26/h5-13,18,24H,1-4H3. The van der Waals surface area contributed by atoms with Crippen LogP contribution in [0.3, 0.4) is 0 Å². The number of nitrogens with one attached hydrogen (secondary N) is 1. The van der Waals surface area contributed by atoms with Gasteiger partial charge in [0.15, 0.2) is 22.6 Å². The van der Waals surface area contributed by atoms with Crippen molar-refractivity contribution in [2.24, 2.45) is 5.10 Å². The summed E-state index contributed by atoms with van der Waals surface area (Å²) in [6.07, 6.45) is -0.0165. The highest BCUT2D eigenvalue weighted by Crippen LogP contribution is 2.58. The molecule has 0 saturated carbocycles. The molecule has 1 aliphatic heterocycles. The summed E-state index contributed by atoms with van der Waals surface area (Å²) in [5.74, 6) is -1.22. The van der Waals surface area contributed by atoms with Gasteiger partial charge in [-0.15, -0.1) is 0 Å². The monoisotopic (exact) mass is 442 g/mol. The van der Waals surface area contributed by atoms with Crippen LogP contribution in [0.5, 0.6) is 5.75 Å². The molecule has 0 amide bonds. The van der Waals surface area contributed by atoms with E-state index in [0.717, 1.165) is 0 Å². The summed E-state index contributed by atoms with van der Waals surface area (Å²) in [6, 6.07) is 13.5. The molecule has 4 rings (SSSR count). The van der Waals surface area contributed by atoms with Crippen LogP contribution in [0.1, 0.15) is 46.0 Å². The van der Waals surface area contributed by atoms with E-state index < -0.39 is 30.6 Å². The molecule has 1 N–H and O–H groups in total. The maximum Gasteiger partial charge on any atom is 0.377 e. The SMILES string of the molecule is COP(=O)(OC)C1=NNC2(C(=O)c3ccccc3C2=O)C1c1ccc(OC(C)C)cc1. The minimum absolute atomic E-state index is 0.0165. The molecule has 162 valence electrons. The first-order valence-corrected chi connectivity index (χ1v) is 11.3. The van der Waals surface area contributed by atoms with E-state index in [4.69, 9.17) is 13.8 Å². The average Bonchev–Trinajstić information content (AvgIpc) is 3.28. The van der Waals surface area contributed by atoms with Crippen LogP contribution >= 0.6 is 7.60 Å². The minimum Gasteiger partial charge on any atom is -0.491 e. The minimum atomic E-state index is -3.86. The number of ether oxygens (including phenoxy) is 1. The van der Waals surface area contributed by atoms with Crippen LogP contribution in [-0.4, -0.2) is 42.9 Å². The topological polar surface area (TPSA) is 103 Å². The summed E-state index contributed by atoms with van der Waals surface area (Å²) in [5.41, 5.74) is 2.10. The maximum absolute atomic E-state index is 13.5. The molecule has 2 aliphatic rings. The molecule has 1 unspecified atom stereocenters. The van der Waals surface area contributed by atoms with Crippen molar-refractivity contribution in [3.8, 4) is 5.75 Å². The molecule has 0 aromatic heterocycles. The highest BCUT2D eigenvalue weighted by atomic mass is 31.2. The van der Waals surface area contributed by atoms with E-state index in [-0.39, 0.29) is 11.6 Å². The van der Waals surface area contributed by atoms with Crippen molar-refractivity contribution in [1.29, 1.82) is 0 Å². The van der Waals surface area contributed by atoms with Gasteiger partial charge in [-0.3, -0.25) is 19.6 Å². The zero-order chi connectivity index (χ0) is 22.4. The Labute approximate surface area is 180 Å². The molecule has 1 heterocycles.